The quantitative estimate of drug-likeness (QED) is 0.451. The molecule has 0 aliphatic rings. The molecule has 0 aliphatic heterocycles. The van der Waals surface area contributed by atoms with E-state index in [1.165, 1.54) is 6.92 Å². The van der Waals surface area contributed by atoms with Crippen molar-refractivity contribution in [3.8, 4) is 11.3 Å². The molecule has 3 rings (SSSR count). The number of nitrogens with one attached hydrogen (secondary N) is 1. The summed E-state index contributed by atoms with van der Waals surface area (Å²) in [7, 11) is 0. The molecule has 0 amide bonds. The Kier molecular flexibility index (Phi) is 3.51. The second-order valence-electron chi connectivity index (χ2n) is 4.64. The lowest BCUT2D eigenvalue weighted by Gasteiger charge is -2.00. The number of benzene rings is 2. The number of aromatic nitrogens is 1. The van der Waals surface area contributed by atoms with Crippen LogP contribution in [0.2, 0.25) is 0 Å². The Morgan fingerprint density at radius 3 is 2.57 bits per heavy atom. The summed E-state index contributed by atoms with van der Waals surface area (Å²) in [6.07, 6.45) is 1.57. The van der Waals surface area contributed by atoms with Crippen LogP contribution in [-0.2, 0) is 9.63 Å². The molecular weight excluding hydrogens is 264 g/mol. The summed E-state index contributed by atoms with van der Waals surface area (Å²) in [5, 5.41) is 4.79. The molecule has 3 aromatic rings. The van der Waals surface area contributed by atoms with Gasteiger partial charge in [0.15, 0.2) is 0 Å². The highest BCUT2D eigenvalue weighted by Crippen LogP contribution is 2.28. The highest BCUT2D eigenvalue weighted by atomic mass is 16.7. The Hall–Kier alpha value is -2.88. The van der Waals surface area contributed by atoms with E-state index in [0.29, 0.717) is 0 Å². The van der Waals surface area contributed by atoms with Crippen molar-refractivity contribution in [2.75, 3.05) is 0 Å². The summed E-state index contributed by atoms with van der Waals surface area (Å²) in [5.74, 6) is -0.438. The van der Waals surface area contributed by atoms with Crippen LogP contribution in [0.25, 0.3) is 22.2 Å². The van der Waals surface area contributed by atoms with Crippen LogP contribution in [-0.4, -0.2) is 17.2 Å². The molecule has 1 heterocycles. The first-order valence-electron chi connectivity index (χ1n) is 6.63. The van der Waals surface area contributed by atoms with Gasteiger partial charge in [0.1, 0.15) is 0 Å². The molecule has 0 radical (unpaired) electrons. The smallest absolute Gasteiger partial charge is 0.331 e. The average molecular weight is 278 g/mol. The predicted molar refractivity (Wildman–Crippen MR) is 83.1 cm³/mol. The zero-order valence-electron chi connectivity index (χ0n) is 11.5. The minimum atomic E-state index is -0.438. The number of hydrogen-bond acceptors (Lipinski definition) is 3. The zero-order valence-corrected chi connectivity index (χ0v) is 11.5. The second-order valence-corrected chi connectivity index (χ2v) is 4.64. The van der Waals surface area contributed by atoms with Crippen LogP contribution in [0.4, 0.5) is 0 Å². The minimum Gasteiger partial charge on any atom is -0.354 e. The highest BCUT2D eigenvalue weighted by Gasteiger charge is 2.11. The van der Waals surface area contributed by atoms with Gasteiger partial charge in [-0.2, -0.15) is 0 Å². The summed E-state index contributed by atoms with van der Waals surface area (Å²) < 4.78 is 0. The van der Waals surface area contributed by atoms with Crippen molar-refractivity contribution in [2.45, 2.75) is 6.92 Å². The number of hydrogen-bond donors (Lipinski definition) is 1. The molecule has 0 spiro atoms. The molecule has 1 aromatic heterocycles. The number of rotatable bonds is 3. The van der Waals surface area contributed by atoms with Crippen LogP contribution in [0.15, 0.2) is 59.8 Å². The molecule has 0 fully saturated rings. The lowest BCUT2D eigenvalue weighted by molar-refractivity contribution is -0.140. The topological polar surface area (TPSA) is 54.4 Å². The molecular formula is C17H14N2O2. The van der Waals surface area contributed by atoms with E-state index >= 15 is 0 Å². The van der Waals surface area contributed by atoms with Gasteiger partial charge in [-0.25, -0.2) is 4.79 Å². The summed E-state index contributed by atoms with van der Waals surface area (Å²) in [5.41, 5.74) is 3.92. The van der Waals surface area contributed by atoms with Gasteiger partial charge in [-0.1, -0.05) is 53.7 Å². The predicted octanol–water partition coefficient (Wildman–Crippen LogP) is 3.73. The number of carbonyl (C=O) groups is 1. The Bertz CT molecular complexity index is 804. The first-order chi connectivity index (χ1) is 10.3. The fraction of sp³-hybridized carbons (Fsp3) is 0.0588. The van der Waals surface area contributed by atoms with Crippen LogP contribution >= 0.6 is 0 Å². The van der Waals surface area contributed by atoms with Gasteiger partial charge in [-0.15, -0.1) is 0 Å². The van der Waals surface area contributed by atoms with Gasteiger partial charge in [-0.05, 0) is 11.6 Å². The van der Waals surface area contributed by atoms with Crippen LogP contribution < -0.4 is 0 Å². The lowest BCUT2D eigenvalue weighted by Crippen LogP contribution is -1.92. The molecule has 21 heavy (non-hydrogen) atoms. The molecule has 0 saturated heterocycles. The maximum absolute atomic E-state index is 10.8. The molecule has 0 saturated carbocycles. The second kappa shape index (κ2) is 5.63. The number of para-hydroxylation sites is 1. The van der Waals surface area contributed by atoms with E-state index in [2.05, 4.69) is 15.0 Å². The van der Waals surface area contributed by atoms with Crippen LogP contribution in [0.1, 0.15) is 12.5 Å². The molecule has 0 bridgehead atoms. The van der Waals surface area contributed by atoms with E-state index in [0.717, 1.165) is 27.7 Å². The summed E-state index contributed by atoms with van der Waals surface area (Å²) in [4.78, 5) is 18.9. The minimum absolute atomic E-state index is 0.438. The van der Waals surface area contributed by atoms with Crippen molar-refractivity contribution in [2.24, 2.45) is 5.16 Å². The third-order valence-electron chi connectivity index (χ3n) is 3.17. The van der Waals surface area contributed by atoms with E-state index in [1.807, 2.05) is 54.6 Å². The first kappa shape index (κ1) is 13.1. The Morgan fingerprint density at radius 2 is 1.81 bits per heavy atom. The number of carbonyl (C=O) groups excluding carboxylic acids is 1. The highest BCUT2D eigenvalue weighted by molar-refractivity contribution is 6.05. The van der Waals surface area contributed by atoms with Crippen molar-refractivity contribution in [3.63, 3.8) is 0 Å². The third-order valence-corrected chi connectivity index (χ3v) is 3.17. The van der Waals surface area contributed by atoms with Crippen LogP contribution in [0.3, 0.4) is 0 Å². The van der Waals surface area contributed by atoms with Crippen molar-refractivity contribution in [1.29, 1.82) is 0 Å². The number of fused-ring (bicyclic) bond motifs is 1. The molecule has 2 aromatic carbocycles. The van der Waals surface area contributed by atoms with Crippen molar-refractivity contribution in [1.82, 2.24) is 4.98 Å². The number of oxime groups is 1. The van der Waals surface area contributed by atoms with Crippen molar-refractivity contribution < 1.29 is 9.63 Å². The third kappa shape index (κ3) is 2.69. The number of H-pyrrole nitrogens is 1. The fourth-order valence-corrected chi connectivity index (χ4v) is 2.28. The summed E-state index contributed by atoms with van der Waals surface area (Å²) in [6, 6.07) is 17.9. The molecule has 1 N–H and O–H groups in total. The van der Waals surface area contributed by atoms with E-state index in [9.17, 15) is 4.79 Å². The Labute approximate surface area is 122 Å². The van der Waals surface area contributed by atoms with Gasteiger partial charge < -0.3 is 9.82 Å². The lowest BCUT2D eigenvalue weighted by atomic mass is 10.1. The van der Waals surface area contributed by atoms with Gasteiger partial charge in [0.25, 0.3) is 0 Å². The van der Waals surface area contributed by atoms with Gasteiger partial charge in [0.05, 0.1) is 11.9 Å². The molecule has 0 atom stereocenters. The zero-order chi connectivity index (χ0) is 14.7. The summed E-state index contributed by atoms with van der Waals surface area (Å²) >= 11 is 0. The Balaban J connectivity index is 2.14. The number of aromatic amines is 1. The van der Waals surface area contributed by atoms with E-state index < -0.39 is 5.97 Å². The van der Waals surface area contributed by atoms with E-state index in [1.54, 1.807) is 6.21 Å². The molecule has 0 unspecified atom stereocenters. The molecule has 104 valence electrons. The molecule has 4 heteroatoms. The normalized spacial score (nSPS) is 11.1. The molecule has 4 nitrogen and oxygen atoms in total. The maximum Gasteiger partial charge on any atom is 0.331 e. The van der Waals surface area contributed by atoms with E-state index in [-0.39, 0.29) is 0 Å². The Morgan fingerprint density at radius 1 is 1.10 bits per heavy atom. The molecule has 0 aliphatic carbocycles. The maximum atomic E-state index is 10.8. The number of nitrogens with zero attached hydrogens (tertiary/aromatic N) is 1. The largest absolute Gasteiger partial charge is 0.354 e. The van der Waals surface area contributed by atoms with Crippen molar-refractivity contribution in [3.05, 3.63) is 60.2 Å². The van der Waals surface area contributed by atoms with Gasteiger partial charge in [-0.3, -0.25) is 0 Å². The van der Waals surface area contributed by atoms with Gasteiger partial charge in [0, 0.05) is 23.4 Å². The van der Waals surface area contributed by atoms with Crippen molar-refractivity contribution >= 4 is 23.1 Å². The fourth-order valence-electron chi connectivity index (χ4n) is 2.28. The monoisotopic (exact) mass is 278 g/mol. The van der Waals surface area contributed by atoms with Crippen LogP contribution in [0, 0.1) is 0 Å². The van der Waals surface area contributed by atoms with Gasteiger partial charge in [0.2, 0.25) is 0 Å². The SMILES string of the molecule is CC(=O)O/N=C/c1c(-c2ccccc2)[nH]c2ccccc12. The van der Waals surface area contributed by atoms with Crippen LogP contribution in [0.5, 0.6) is 0 Å². The van der Waals surface area contributed by atoms with E-state index in [4.69, 9.17) is 0 Å². The average Bonchev–Trinajstić information content (AvgIpc) is 2.87. The summed E-state index contributed by atoms with van der Waals surface area (Å²) in [6.45, 7) is 1.32. The first-order valence-corrected chi connectivity index (χ1v) is 6.63. The van der Waals surface area contributed by atoms with Gasteiger partial charge >= 0.3 is 5.97 Å². The standard InChI is InChI=1S/C17H14N2O2/c1-12(20)21-18-11-15-14-9-5-6-10-16(14)19-17(15)13-7-3-2-4-8-13/h2-11,19H,1H3/b18-11+.